The summed E-state index contributed by atoms with van der Waals surface area (Å²) in [5, 5.41) is 3.36. The Kier molecular flexibility index (Phi) is 11.0. The van der Waals surface area contributed by atoms with Gasteiger partial charge in [-0.15, -0.1) is 0 Å². The summed E-state index contributed by atoms with van der Waals surface area (Å²) in [5.74, 6) is -1.99. The molecular formula is C29H32Cl2FN3O4S. The Bertz CT molecular complexity index is 1430. The highest BCUT2D eigenvalue weighted by Gasteiger charge is 2.34. The lowest BCUT2D eigenvalue weighted by Gasteiger charge is -2.32. The fourth-order valence-corrected chi connectivity index (χ4v) is 5.92. The van der Waals surface area contributed by atoms with Crippen LogP contribution in [0.4, 0.5) is 10.1 Å². The van der Waals surface area contributed by atoms with E-state index in [4.69, 9.17) is 23.2 Å². The van der Waals surface area contributed by atoms with Crippen LogP contribution in [0, 0.1) is 12.7 Å². The molecule has 2 amide bonds. The van der Waals surface area contributed by atoms with Crippen molar-refractivity contribution in [3.63, 3.8) is 0 Å². The molecule has 0 aromatic heterocycles. The van der Waals surface area contributed by atoms with Crippen molar-refractivity contribution >= 4 is 50.7 Å². The lowest BCUT2D eigenvalue weighted by Crippen LogP contribution is -2.51. The number of nitrogens with one attached hydrogen (secondary N) is 1. The van der Waals surface area contributed by atoms with Crippen molar-refractivity contribution in [2.75, 3.05) is 17.4 Å². The third kappa shape index (κ3) is 7.53. The molecule has 11 heteroatoms. The van der Waals surface area contributed by atoms with Crippen LogP contribution in [0.1, 0.15) is 37.8 Å². The Morgan fingerprint density at radius 2 is 1.60 bits per heavy atom. The summed E-state index contributed by atoms with van der Waals surface area (Å²) < 4.78 is 43.2. The Hall–Kier alpha value is -3.14. The van der Waals surface area contributed by atoms with Gasteiger partial charge in [0.15, 0.2) is 0 Å². The quantitative estimate of drug-likeness (QED) is 0.257. The third-order valence-corrected chi connectivity index (χ3v) is 8.88. The maximum atomic E-state index is 15.0. The molecule has 0 heterocycles. The number of rotatable bonds is 12. The van der Waals surface area contributed by atoms with Gasteiger partial charge in [-0.3, -0.25) is 13.9 Å². The molecule has 0 aliphatic rings. The summed E-state index contributed by atoms with van der Waals surface area (Å²) in [6, 6.07) is 15.2. The fraction of sp³-hybridized carbons (Fsp3) is 0.310. The van der Waals surface area contributed by atoms with Gasteiger partial charge in [0.25, 0.3) is 10.0 Å². The third-order valence-electron chi connectivity index (χ3n) is 6.40. The van der Waals surface area contributed by atoms with Crippen LogP contribution in [0.25, 0.3) is 0 Å². The molecule has 7 nitrogen and oxygen atoms in total. The van der Waals surface area contributed by atoms with Crippen molar-refractivity contribution < 1.29 is 22.4 Å². The average molecular weight is 609 g/mol. The van der Waals surface area contributed by atoms with Crippen LogP contribution in [-0.4, -0.2) is 44.3 Å². The van der Waals surface area contributed by atoms with Crippen molar-refractivity contribution in [2.24, 2.45) is 0 Å². The molecule has 3 rings (SSSR count). The van der Waals surface area contributed by atoms with Crippen molar-refractivity contribution in [1.29, 1.82) is 0 Å². The molecule has 3 aromatic carbocycles. The first-order valence-corrected chi connectivity index (χ1v) is 15.0. The summed E-state index contributed by atoms with van der Waals surface area (Å²) in [5.41, 5.74) is 0.927. The van der Waals surface area contributed by atoms with E-state index in [1.54, 1.807) is 37.3 Å². The molecule has 40 heavy (non-hydrogen) atoms. The molecule has 1 atom stereocenters. The van der Waals surface area contributed by atoms with Gasteiger partial charge in [0.1, 0.15) is 18.4 Å². The van der Waals surface area contributed by atoms with E-state index in [1.807, 2.05) is 6.92 Å². The lowest BCUT2D eigenvalue weighted by atomic mass is 10.1. The maximum absolute atomic E-state index is 15.0. The SMILES string of the molecule is CCCCNC(=O)[C@H](C)N(Cc1c(Cl)cccc1Cl)C(=O)CN(c1ccccc1F)S(=O)(=O)c1ccc(C)cc1. The zero-order chi connectivity index (χ0) is 29.4. The minimum Gasteiger partial charge on any atom is -0.354 e. The summed E-state index contributed by atoms with van der Waals surface area (Å²) in [6.45, 7) is 4.79. The number of unbranched alkanes of at least 4 members (excludes halogenated alkanes) is 1. The number of anilines is 1. The number of carbonyl (C=O) groups excluding carboxylic acids is 2. The average Bonchev–Trinajstić information content (AvgIpc) is 2.92. The number of amides is 2. The minimum absolute atomic E-state index is 0.111. The van der Waals surface area contributed by atoms with E-state index in [-0.39, 0.29) is 27.2 Å². The molecule has 0 bridgehead atoms. The highest BCUT2D eigenvalue weighted by Crippen LogP contribution is 2.29. The van der Waals surface area contributed by atoms with Gasteiger partial charge in [-0.2, -0.15) is 0 Å². The fourth-order valence-electron chi connectivity index (χ4n) is 3.98. The van der Waals surface area contributed by atoms with E-state index < -0.39 is 40.2 Å². The number of carbonyl (C=O) groups is 2. The van der Waals surface area contributed by atoms with Gasteiger partial charge in [-0.1, -0.05) is 72.4 Å². The van der Waals surface area contributed by atoms with E-state index >= 15 is 0 Å². The first-order chi connectivity index (χ1) is 19.0. The number of halogens is 3. The molecule has 214 valence electrons. The Balaban J connectivity index is 2.05. The van der Waals surface area contributed by atoms with E-state index in [9.17, 15) is 22.4 Å². The van der Waals surface area contributed by atoms with E-state index in [0.717, 1.165) is 28.8 Å². The van der Waals surface area contributed by atoms with E-state index in [2.05, 4.69) is 5.32 Å². The Morgan fingerprint density at radius 1 is 0.975 bits per heavy atom. The van der Waals surface area contributed by atoms with Crippen LogP contribution in [0.5, 0.6) is 0 Å². The van der Waals surface area contributed by atoms with Gasteiger partial charge in [0.2, 0.25) is 11.8 Å². The Labute approximate surface area is 244 Å². The van der Waals surface area contributed by atoms with Crippen molar-refractivity contribution in [3.05, 3.63) is 93.7 Å². The summed E-state index contributed by atoms with van der Waals surface area (Å²) in [6.07, 6.45) is 1.61. The van der Waals surface area contributed by atoms with Gasteiger partial charge in [0, 0.05) is 28.7 Å². The van der Waals surface area contributed by atoms with Crippen LogP contribution in [-0.2, 0) is 26.2 Å². The normalized spacial score (nSPS) is 12.1. The summed E-state index contributed by atoms with van der Waals surface area (Å²) in [7, 11) is -4.38. The molecule has 0 unspecified atom stereocenters. The lowest BCUT2D eigenvalue weighted by molar-refractivity contribution is -0.139. The van der Waals surface area contributed by atoms with Crippen molar-refractivity contribution in [2.45, 2.75) is 51.1 Å². The van der Waals surface area contributed by atoms with Crippen LogP contribution in [0.3, 0.4) is 0 Å². The van der Waals surface area contributed by atoms with Gasteiger partial charge < -0.3 is 10.2 Å². The molecule has 0 aliphatic carbocycles. The second-order valence-corrected chi connectivity index (χ2v) is 12.0. The molecule has 0 spiro atoms. The number of benzene rings is 3. The summed E-state index contributed by atoms with van der Waals surface area (Å²) in [4.78, 5) is 28.0. The molecule has 0 saturated carbocycles. The van der Waals surface area contributed by atoms with Crippen molar-refractivity contribution in [1.82, 2.24) is 10.2 Å². The first-order valence-electron chi connectivity index (χ1n) is 12.8. The maximum Gasteiger partial charge on any atom is 0.264 e. The van der Waals surface area contributed by atoms with Crippen LogP contribution >= 0.6 is 23.2 Å². The topological polar surface area (TPSA) is 86.8 Å². The molecule has 0 radical (unpaired) electrons. The van der Waals surface area contributed by atoms with Gasteiger partial charge in [-0.25, -0.2) is 12.8 Å². The molecule has 0 aliphatic heterocycles. The predicted molar refractivity (Wildman–Crippen MR) is 157 cm³/mol. The van der Waals surface area contributed by atoms with Crippen LogP contribution < -0.4 is 9.62 Å². The highest BCUT2D eigenvalue weighted by atomic mass is 35.5. The number of hydrogen-bond acceptors (Lipinski definition) is 4. The second-order valence-electron chi connectivity index (χ2n) is 9.32. The zero-order valence-corrected chi connectivity index (χ0v) is 24.9. The van der Waals surface area contributed by atoms with Crippen LogP contribution in [0.2, 0.25) is 10.0 Å². The van der Waals surface area contributed by atoms with Crippen molar-refractivity contribution in [3.8, 4) is 0 Å². The molecule has 0 saturated heterocycles. The van der Waals surface area contributed by atoms with Crippen LogP contribution in [0.15, 0.2) is 71.6 Å². The number of sulfonamides is 1. The zero-order valence-electron chi connectivity index (χ0n) is 22.5. The smallest absolute Gasteiger partial charge is 0.264 e. The van der Waals surface area contributed by atoms with Gasteiger partial charge >= 0.3 is 0 Å². The van der Waals surface area contributed by atoms with Gasteiger partial charge in [-0.05, 0) is 56.7 Å². The Morgan fingerprint density at radius 3 is 2.20 bits per heavy atom. The highest BCUT2D eigenvalue weighted by molar-refractivity contribution is 7.92. The molecule has 1 N–H and O–H groups in total. The number of nitrogens with zero attached hydrogens (tertiary/aromatic N) is 2. The molecular weight excluding hydrogens is 576 g/mol. The molecule has 3 aromatic rings. The number of aryl methyl sites for hydroxylation is 1. The van der Waals surface area contributed by atoms with E-state index in [1.165, 1.54) is 42.2 Å². The van der Waals surface area contributed by atoms with Gasteiger partial charge in [0.05, 0.1) is 10.6 Å². The number of hydrogen-bond donors (Lipinski definition) is 1. The number of para-hydroxylation sites is 1. The first kappa shape index (κ1) is 31.4. The predicted octanol–water partition coefficient (Wildman–Crippen LogP) is 5.97. The largest absolute Gasteiger partial charge is 0.354 e. The monoisotopic (exact) mass is 607 g/mol. The minimum atomic E-state index is -4.38. The standard InChI is InChI=1S/C29H32Cl2FN3O4S/c1-4-5-17-33-29(37)21(3)34(18-23-24(30)9-8-10-25(23)31)28(36)19-35(27-12-7-6-11-26(27)32)40(38,39)22-15-13-20(2)14-16-22/h6-16,21H,4-5,17-19H2,1-3H3,(H,33,37)/t21-/m0/s1. The van der Waals surface area contributed by atoms with E-state index in [0.29, 0.717) is 12.1 Å². The molecule has 0 fully saturated rings. The second kappa shape index (κ2) is 14.0. The summed E-state index contributed by atoms with van der Waals surface area (Å²) >= 11 is 12.7.